The predicted molar refractivity (Wildman–Crippen MR) is 130 cm³/mol. The van der Waals surface area contributed by atoms with Crippen LogP contribution in [0.1, 0.15) is 28.8 Å². The SMILES string of the molecule is COc1ccc2cc(CN(C)C(=O)C3CCN(C(=O)c4ccc(Br)cc4)CC3)ccc2c1. The van der Waals surface area contributed by atoms with Crippen molar-refractivity contribution in [3.8, 4) is 5.75 Å². The number of hydrogen-bond acceptors (Lipinski definition) is 3. The number of ether oxygens (including phenoxy) is 1. The average molecular weight is 495 g/mol. The van der Waals surface area contributed by atoms with Gasteiger partial charge in [-0.25, -0.2) is 0 Å². The Morgan fingerprint density at radius 1 is 1.00 bits per heavy atom. The fraction of sp³-hybridized carbons (Fsp3) is 0.308. The van der Waals surface area contributed by atoms with E-state index in [-0.39, 0.29) is 17.7 Å². The molecule has 0 aliphatic carbocycles. The number of nitrogens with zero attached hydrogens (tertiary/aromatic N) is 2. The van der Waals surface area contributed by atoms with Crippen LogP contribution < -0.4 is 4.74 Å². The highest BCUT2D eigenvalue weighted by Crippen LogP contribution is 2.24. The van der Waals surface area contributed by atoms with Gasteiger partial charge in [0.25, 0.3) is 5.91 Å². The Morgan fingerprint density at radius 3 is 2.34 bits per heavy atom. The fourth-order valence-corrected chi connectivity index (χ4v) is 4.53. The molecule has 1 heterocycles. The Kier molecular flexibility index (Phi) is 6.80. The number of carbonyl (C=O) groups excluding carboxylic acids is 2. The van der Waals surface area contributed by atoms with Gasteiger partial charge in [0.15, 0.2) is 0 Å². The van der Waals surface area contributed by atoms with E-state index in [2.05, 4.69) is 34.1 Å². The van der Waals surface area contributed by atoms with Gasteiger partial charge in [-0.2, -0.15) is 0 Å². The third kappa shape index (κ3) is 4.96. The lowest BCUT2D eigenvalue weighted by atomic mass is 9.94. The van der Waals surface area contributed by atoms with Crippen molar-refractivity contribution in [1.82, 2.24) is 9.80 Å². The molecular formula is C26H27BrN2O3. The number of likely N-dealkylation sites (tertiary alicyclic amines) is 1. The van der Waals surface area contributed by atoms with Crippen molar-refractivity contribution in [2.45, 2.75) is 19.4 Å². The van der Waals surface area contributed by atoms with Gasteiger partial charge >= 0.3 is 0 Å². The monoisotopic (exact) mass is 494 g/mol. The highest BCUT2D eigenvalue weighted by molar-refractivity contribution is 9.10. The second kappa shape index (κ2) is 9.74. The van der Waals surface area contributed by atoms with E-state index in [9.17, 15) is 9.59 Å². The summed E-state index contributed by atoms with van der Waals surface area (Å²) in [5, 5.41) is 2.24. The molecule has 5 nitrogen and oxygen atoms in total. The number of carbonyl (C=O) groups is 2. The van der Waals surface area contributed by atoms with Crippen molar-refractivity contribution in [3.05, 3.63) is 76.3 Å². The highest BCUT2D eigenvalue weighted by atomic mass is 79.9. The molecule has 2 amide bonds. The fourth-order valence-electron chi connectivity index (χ4n) is 4.27. The van der Waals surface area contributed by atoms with Gasteiger partial charge in [-0.05, 0) is 71.6 Å². The highest BCUT2D eigenvalue weighted by Gasteiger charge is 2.29. The van der Waals surface area contributed by atoms with Crippen LogP contribution in [0, 0.1) is 5.92 Å². The van der Waals surface area contributed by atoms with Crippen molar-refractivity contribution in [2.24, 2.45) is 5.92 Å². The van der Waals surface area contributed by atoms with E-state index >= 15 is 0 Å². The Labute approximate surface area is 197 Å². The second-order valence-corrected chi connectivity index (χ2v) is 9.23. The largest absolute Gasteiger partial charge is 0.497 e. The first kappa shape index (κ1) is 22.3. The maximum atomic E-state index is 13.0. The number of methoxy groups -OCH3 is 1. The molecule has 0 radical (unpaired) electrons. The van der Waals surface area contributed by atoms with Crippen LogP contribution in [0.5, 0.6) is 5.75 Å². The van der Waals surface area contributed by atoms with Crippen molar-refractivity contribution in [2.75, 3.05) is 27.2 Å². The van der Waals surface area contributed by atoms with Crippen LogP contribution in [0.25, 0.3) is 10.8 Å². The number of piperidine rings is 1. The molecule has 6 heteroatoms. The van der Waals surface area contributed by atoms with Crippen LogP contribution in [0.3, 0.4) is 0 Å². The molecule has 0 N–H and O–H groups in total. The molecule has 0 saturated carbocycles. The summed E-state index contributed by atoms with van der Waals surface area (Å²) >= 11 is 3.40. The molecule has 0 spiro atoms. The van der Waals surface area contributed by atoms with Gasteiger partial charge in [-0.1, -0.05) is 34.1 Å². The summed E-state index contributed by atoms with van der Waals surface area (Å²) in [5.41, 5.74) is 1.78. The molecule has 0 unspecified atom stereocenters. The molecule has 0 bridgehead atoms. The molecule has 166 valence electrons. The molecule has 32 heavy (non-hydrogen) atoms. The van der Waals surface area contributed by atoms with Gasteiger partial charge in [-0.3, -0.25) is 9.59 Å². The van der Waals surface area contributed by atoms with Crippen LogP contribution in [0.2, 0.25) is 0 Å². The number of benzene rings is 3. The zero-order chi connectivity index (χ0) is 22.7. The van der Waals surface area contributed by atoms with Gasteiger partial charge in [0, 0.05) is 42.6 Å². The average Bonchev–Trinajstić information content (AvgIpc) is 2.83. The Bertz CT molecular complexity index is 1120. The number of fused-ring (bicyclic) bond motifs is 1. The second-order valence-electron chi connectivity index (χ2n) is 8.32. The third-order valence-electron chi connectivity index (χ3n) is 6.13. The van der Waals surface area contributed by atoms with Gasteiger partial charge < -0.3 is 14.5 Å². The maximum absolute atomic E-state index is 13.0. The van der Waals surface area contributed by atoms with Crippen LogP contribution >= 0.6 is 15.9 Å². The molecule has 1 aliphatic heterocycles. The first-order valence-electron chi connectivity index (χ1n) is 10.8. The van der Waals surface area contributed by atoms with E-state index in [1.54, 1.807) is 7.11 Å². The van der Waals surface area contributed by atoms with Crippen LogP contribution in [0.4, 0.5) is 0 Å². The molecule has 1 fully saturated rings. The van der Waals surface area contributed by atoms with E-state index in [0.717, 1.165) is 26.6 Å². The van der Waals surface area contributed by atoms with Crippen LogP contribution in [0.15, 0.2) is 65.1 Å². The molecular weight excluding hydrogens is 468 g/mol. The zero-order valence-electron chi connectivity index (χ0n) is 18.4. The summed E-state index contributed by atoms with van der Waals surface area (Å²) in [4.78, 5) is 29.4. The topological polar surface area (TPSA) is 49.9 Å². The standard InChI is InChI=1S/C26H27BrN2O3/c1-28(17-18-3-4-22-16-24(32-2)10-7-21(22)15-18)25(30)20-11-13-29(14-12-20)26(31)19-5-8-23(27)9-6-19/h3-10,15-16,20H,11-14,17H2,1-2H3. The minimum absolute atomic E-state index is 0.0320. The summed E-state index contributed by atoms with van der Waals surface area (Å²) in [6.07, 6.45) is 1.39. The Morgan fingerprint density at radius 2 is 1.66 bits per heavy atom. The normalized spacial score (nSPS) is 14.4. The summed E-state index contributed by atoms with van der Waals surface area (Å²) in [7, 11) is 3.52. The number of rotatable bonds is 5. The number of hydrogen-bond donors (Lipinski definition) is 0. The van der Waals surface area contributed by atoms with Crippen molar-refractivity contribution < 1.29 is 14.3 Å². The lowest BCUT2D eigenvalue weighted by Crippen LogP contribution is -2.43. The van der Waals surface area contributed by atoms with E-state index in [0.29, 0.717) is 38.0 Å². The van der Waals surface area contributed by atoms with Crippen molar-refractivity contribution in [1.29, 1.82) is 0 Å². The minimum atomic E-state index is -0.0429. The third-order valence-corrected chi connectivity index (χ3v) is 6.66. The summed E-state index contributed by atoms with van der Waals surface area (Å²) in [6.45, 7) is 1.78. The number of amides is 2. The number of halogens is 1. The first-order valence-corrected chi connectivity index (χ1v) is 11.6. The van der Waals surface area contributed by atoms with Crippen molar-refractivity contribution in [3.63, 3.8) is 0 Å². The Balaban J connectivity index is 1.34. The van der Waals surface area contributed by atoms with E-state index in [1.807, 2.05) is 59.3 Å². The smallest absolute Gasteiger partial charge is 0.253 e. The molecule has 4 rings (SSSR count). The molecule has 3 aromatic carbocycles. The van der Waals surface area contributed by atoms with Crippen molar-refractivity contribution >= 4 is 38.5 Å². The lowest BCUT2D eigenvalue weighted by Gasteiger charge is -2.33. The first-order chi connectivity index (χ1) is 15.4. The molecule has 1 saturated heterocycles. The van der Waals surface area contributed by atoms with Crippen LogP contribution in [-0.4, -0.2) is 48.9 Å². The molecule has 0 aromatic heterocycles. The molecule has 1 aliphatic rings. The minimum Gasteiger partial charge on any atom is -0.497 e. The summed E-state index contributed by atoms with van der Waals surface area (Å²) in [6, 6.07) is 19.7. The van der Waals surface area contributed by atoms with Gasteiger partial charge in [0.1, 0.15) is 5.75 Å². The maximum Gasteiger partial charge on any atom is 0.253 e. The predicted octanol–water partition coefficient (Wildman–Crippen LogP) is 5.12. The zero-order valence-corrected chi connectivity index (χ0v) is 20.0. The van der Waals surface area contributed by atoms with Gasteiger partial charge in [0.2, 0.25) is 5.91 Å². The van der Waals surface area contributed by atoms with E-state index < -0.39 is 0 Å². The van der Waals surface area contributed by atoms with E-state index in [1.165, 1.54) is 0 Å². The summed E-state index contributed by atoms with van der Waals surface area (Å²) < 4.78 is 6.24. The van der Waals surface area contributed by atoms with Gasteiger partial charge in [-0.15, -0.1) is 0 Å². The molecule has 3 aromatic rings. The molecule has 0 atom stereocenters. The van der Waals surface area contributed by atoms with Gasteiger partial charge in [0.05, 0.1) is 7.11 Å². The quantitative estimate of drug-likeness (QED) is 0.494. The summed E-state index contributed by atoms with van der Waals surface area (Å²) in [5.74, 6) is 0.973. The van der Waals surface area contributed by atoms with Crippen LogP contribution in [-0.2, 0) is 11.3 Å². The lowest BCUT2D eigenvalue weighted by molar-refractivity contribution is -0.136. The Hall–Kier alpha value is -2.86. The van der Waals surface area contributed by atoms with E-state index in [4.69, 9.17) is 4.74 Å².